The van der Waals surface area contributed by atoms with E-state index in [2.05, 4.69) is 15.4 Å². The number of rotatable bonds is 5. The topological polar surface area (TPSA) is 74.2 Å². The summed E-state index contributed by atoms with van der Waals surface area (Å²) in [6.45, 7) is 6.01. The van der Waals surface area contributed by atoms with Gasteiger partial charge in [-0.1, -0.05) is 24.3 Å². The zero-order valence-corrected chi connectivity index (χ0v) is 14.8. The van der Waals surface area contributed by atoms with Gasteiger partial charge in [0.1, 0.15) is 5.75 Å². The van der Waals surface area contributed by atoms with E-state index in [4.69, 9.17) is 4.74 Å². The summed E-state index contributed by atoms with van der Waals surface area (Å²) in [6, 6.07) is 14.4. The molecule has 1 amide bonds. The summed E-state index contributed by atoms with van der Waals surface area (Å²) in [5.41, 5.74) is 5.38. The van der Waals surface area contributed by atoms with Crippen LogP contribution >= 0.6 is 0 Å². The number of hydrogen-bond acceptors (Lipinski definition) is 5. The lowest BCUT2D eigenvalue weighted by molar-refractivity contribution is 0.0342. The summed E-state index contributed by atoms with van der Waals surface area (Å²) >= 11 is 0. The molecule has 0 bridgehead atoms. The van der Waals surface area contributed by atoms with Crippen molar-refractivity contribution in [3.05, 3.63) is 65.2 Å². The van der Waals surface area contributed by atoms with Gasteiger partial charge in [0.05, 0.1) is 18.9 Å². The molecule has 6 heteroatoms. The highest BCUT2D eigenvalue weighted by Gasteiger charge is 2.11. The van der Waals surface area contributed by atoms with Crippen LogP contribution in [0.4, 0.5) is 0 Å². The van der Waals surface area contributed by atoms with Gasteiger partial charge in [0, 0.05) is 30.8 Å². The number of nitrogens with one attached hydrogen (secondary N) is 1. The van der Waals surface area contributed by atoms with Crippen LogP contribution in [0.25, 0.3) is 0 Å². The maximum Gasteiger partial charge on any atom is 0.271 e. The molecule has 0 aliphatic carbocycles. The fourth-order valence-corrected chi connectivity index (χ4v) is 2.82. The first kappa shape index (κ1) is 18.1. The normalized spacial score (nSPS) is 15.7. The summed E-state index contributed by atoms with van der Waals surface area (Å²) in [5.74, 6) is -0.145. The lowest BCUT2D eigenvalue weighted by atomic mass is 10.1. The minimum atomic E-state index is -0.280. The maximum absolute atomic E-state index is 12.3. The SMILES string of the molecule is CC(=NNC(=O)c1ccc(CN2CCOCC2)cc1)c1ccccc1O. The Morgan fingerprint density at radius 1 is 1.15 bits per heavy atom. The third kappa shape index (κ3) is 4.68. The van der Waals surface area contributed by atoms with Gasteiger partial charge in [-0.25, -0.2) is 5.43 Å². The molecule has 0 spiro atoms. The van der Waals surface area contributed by atoms with E-state index >= 15 is 0 Å². The Hall–Kier alpha value is -2.70. The van der Waals surface area contributed by atoms with Gasteiger partial charge in [0.25, 0.3) is 5.91 Å². The standard InChI is InChI=1S/C20H23N3O3/c1-15(18-4-2-3-5-19(18)24)21-22-20(25)17-8-6-16(7-9-17)14-23-10-12-26-13-11-23/h2-9,24H,10-14H2,1H3,(H,22,25). The van der Waals surface area contributed by atoms with Crippen LogP contribution in [-0.4, -0.2) is 47.9 Å². The number of hydrogen-bond donors (Lipinski definition) is 2. The fraction of sp³-hybridized carbons (Fsp3) is 0.300. The van der Waals surface area contributed by atoms with Crippen molar-refractivity contribution in [2.75, 3.05) is 26.3 Å². The van der Waals surface area contributed by atoms with E-state index in [1.165, 1.54) is 0 Å². The minimum absolute atomic E-state index is 0.135. The second-order valence-electron chi connectivity index (χ2n) is 6.24. The Morgan fingerprint density at radius 3 is 2.54 bits per heavy atom. The largest absolute Gasteiger partial charge is 0.507 e. The molecular weight excluding hydrogens is 330 g/mol. The molecule has 2 N–H and O–H groups in total. The van der Waals surface area contributed by atoms with Gasteiger partial charge in [-0.3, -0.25) is 9.69 Å². The average molecular weight is 353 g/mol. The van der Waals surface area contributed by atoms with Crippen LogP contribution in [0.1, 0.15) is 28.4 Å². The van der Waals surface area contributed by atoms with Crippen LogP contribution in [0.3, 0.4) is 0 Å². The van der Waals surface area contributed by atoms with Crippen LogP contribution in [0, 0.1) is 0 Å². The summed E-state index contributed by atoms with van der Waals surface area (Å²) in [4.78, 5) is 14.6. The molecule has 0 saturated carbocycles. The first-order chi connectivity index (χ1) is 12.6. The molecule has 6 nitrogen and oxygen atoms in total. The van der Waals surface area contributed by atoms with E-state index in [1.807, 2.05) is 18.2 Å². The van der Waals surface area contributed by atoms with Gasteiger partial charge in [0.15, 0.2) is 0 Å². The molecular formula is C20H23N3O3. The number of phenolic OH excluding ortho intramolecular Hbond substituents is 1. The number of aromatic hydroxyl groups is 1. The quantitative estimate of drug-likeness (QED) is 0.639. The smallest absolute Gasteiger partial charge is 0.271 e. The summed E-state index contributed by atoms with van der Waals surface area (Å²) < 4.78 is 5.35. The second kappa shape index (κ2) is 8.60. The van der Waals surface area contributed by atoms with Crippen LogP contribution in [0.5, 0.6) is 5.75 Å². The predicted molar refractivity (Wildman–Crippen MR) is 100 cm³/mol. The van der Waals surface area contributed by atoms with Gasteiger partial charge >= 0.3 is 0 Å². The fourth-order valence-electron chi connectivity index (χ4n) is 2.82. The molecule has 0 aromatic heterocycles. The second-order valence-corrected chi connectivity index (χ2v) is 6.24. The highest BCUT2D eigenvalue weighted by atomic mass is 16.5. The lowest BCUT2D eigenvalue weighted by Gasteiger charge is -2.26. The number of morpholine rings is 1. The monoisotopic (exact) mass is 353 g/mol. The van der Waals surface area contributed by atoms with E-state index in [0.717, 1.165) is 38.4 Å². The van der Waals surface area contributed by atoms with E-state index in [-0.39, 0.29) is 11.7 Å². The van der Waals surface area contributed by atoms with Gasteiger partial charge in [-0.05, 0) is 36.8 Å². The molecule has 2 aromatic carbocycles. The van der Waals surface area contributed by atoms with Crippen LogP contribution in [0.2, 0.25) is 0 Å². The Kier molecular flexibility index (Phi) is 5.99. The Bertz CT molecular complexity index is 781. The molecule has 0 atom stereocenters. The van der Waals surface area contributed by atoms with Gasteiger partial charge in [0.2, 0.25) is 0 Å². The van der Waals surface area contributed by atoms with E-state index in [1.54, 1.807) is 37.3 Å². The highest BCUT2D eigenvalue weighted by Crippen LogP contribution is 2.16. The molecule has 136 valence electrons. The number of ether oxygens (including phenoxy) is 1. The average Bonchev–Trinajstić information content (AvgIpc) is 2.67. The van der Waals surface area contributed by atoms with Gasteiger partial charge < -0.3 is 9.84 Å². The first-order valence-corrected chi connectivity index (χ1v) is 8.65. The Balaban J connectivity index is 1.59. The molecule has 2 aromatic rings. The molecule has 0 unspecified atom stereocenters. The molecule has 1 aliphatic heterocycles. The number of benzene rings is 2. The van der Waals surface area contributed by atoms with Crippen LogP contribution < -0.4 is 5.43 Å². The Morgan fingerprint density at radius 2 is 1.85 bits per heavy atom. The molecule has 1 saturated heterocycles. The number of carbonyl (C=O) groups excluding carboxylic acids is 1. The lowest BCUT2D eigenvalue weighted by Crippen LogP contribution is -2.35. The number of phenols is 1. The van der Waals surface area contributed by atoms with E-state index in [0.29, 0.717) is 16.8 Å². The molecule has 3 rings (SSSR count). The number of nitrogens with zero attached hydrogens (tertiary/aromatic N) is 2. The van der Waals surface area contributed by atoms with Crippen LogP contribution in [0.15, 0.2) is 53.6 Å². The van der Waals surface area contributed by atoms with Crippen LogP contribution in [-0.2, 0) is 11.3 Å². The maximum atomic E-state index is 12.3. The van der Waals surface area contributed by atoms with Crippen molar-refractivity contribution in [1.82, 2.24) is 10.3 Å². The zero-order chi connectivity index (χ0) is 18.4. The van der Waals surface area contributed by atoms with Crippen molar-refractivity contribution in [3.8, 4) is 5.75 Å². The van der Waals surface area contributed by atoms with Crippen molar-refractivity contribution in [2.24, 2.45) is 5.10 Å². The predicted octanol–water partition coefficient (Wildman–Crippen LogP) is 2.38. The highest BCUT2D eigenvalue weighted by molar-refractivity contribution is 6.02. The van der Waals surface area contributed by atoms with Crippen molar-refractivity contribution in [3.63, 3.8) is 0 Å². The Labute approximate surface area is 153 Å². The number of carbonyl (C=O) groups is 1. The number of hydrazone groups is 1. The third-order valence-corrected chi connectivity index (χ3v) is 4.35. The van der Waals surface area contributed by atoms with Gasteiger partial charge in [-0.2, -0.15) is 5.10 Å². The summed E-state index contributed by atoms with van der Waals surface area (Å²) in [6.07, 6.45) is 0. The van der Waals surface area contributed by atoms with Crippen molar-refractivity contribution in [1.29, 1.82) is 0 Å². The molecule has 1 aliphatic rings. The van der Waals surface area contributed by atoms with Gasteiger partial charge in [-0.15, -0.1) is 0 Å². The molecule has 1 heterocycles. The zero-order valence-electron chi connectivity index (χ0n) is 14.8. The number of para-hydroxylation sites is 1. The minimum Gasteiger partial charge on any atom is -0.507 e. The van der Waals surface area contributed by atoms with Crippen molar-refractivity contribution in [2.45, 2.75) is 13.5 Å². The summed E-state index contributed by atoms with van der Waals surface area (Å²) in [5, 5.41) is 13.9. The van der Waals surface area contributed by atoms with Crippen molar-refractivity contribution >= 4 is 11.6 Å². The van der Waals surface area contributed by atoms with E-state index < -0.39 is 0 Å². The number of amides is 1. The van der Waals surface area contributed by atoms with E-state index in [9.17, 15) is 9.90 Å². The first-order valence-electron chi connectivity index (χ1n) is 8.65. The van der Waals surface area contributed by atoms with Crippen molar-refractivity contribution < 1.29 is 14.6 Å². The molecule has 1 fully saturated rings. The summed E-state index contributed by atoms with van der Waals surface area (Å²) in [7, 11) is 0. The third-order valence-electron chi connectivity index (χ3n) is 4.35. The molecule has 0 radical (unpaired) electrons. The molecule has 26 heavy (non-hydrogen) atoms.